The molecule has 0 spiro atoms. The SMILES string of the molecule is Clc1nc(Cl)nc(Cl)n1.[CH2-]C.[CH2-]O.[CH2-]O.[CH2-]O.[CH2-]O.[CH2-]Oc1nc(O[CH2-])nc(O[CH2-])n1.[Rf].[Rf].[Rf].[Rf]. The average molecular weight is 1570 g/mol. The number of hydrogen-bond acceptors (Lipinski definition) is 13. The van der Waals surface area contributed by atoms with Gasteiger partial charge in [-0.3, -0.25) is 0 Å². The summed E-state index contributed by atoms with van der Waals surface area (Å²) in [5.74, 6) is 0. The fourth-order valence-corrected chi connectivity index (χ4v) is 1.43. The van der Waals surface area contributed by atoms with Crippen LogP contribution in [-0.2, 0) is 0 Å². The Morgan fingerprint density at radius 2 is 0.600 bits per heavy atom. The van der Waals surface area contributed by atoms with Crippen LogP contribution in [0, 0.1) is 56.7 Å². The van der Waals surface area contributed by atoms with Crippen molar-refractivity contribution in [3.05, 3.63) is 72.5 Å². The maximum Gasteiger partial charge on any atom is 0.292 e. The third-order valence-electron chi connectivity index (χ3n) is 1.51. The minimum atomic E-state index is -0.0256. The monoisotopic (exact) mass is 1570 g/mol. The molecule has 0 atom stereocenters. The van der Waals surface area contributed by atoms with Gasteiger partial charge in [-0.1, -0.05) is 0 Å². The van der Waals surface area contributed by atoms with Gasteiger partial charge < -0.3 is 41.6 Å². The van der Waals surface area contributed by atoms with E-state index in [1.54, 1.807) is 6.92 Å². The van der Waals surface area contributed by atoms with E-state index in [2.05, 4.69) is 101 Å². The van der Waals surface area contributed by atoms with Gasteiger partial charge >= 0.3 is 0 Å². The maximum atomic E-state index is 6.75. The first-order valence-electron chi connectivity index (χ1n) is 6.70. The molecule has 4 N–H and O–H groups in total. The predicted octanol–water partition coefficient (Wildman–Crippen LogP) is 3.66. The van der Waals surface area contributed by atoms with E-state index in [9.17, 15) is 0 Å². The molecule has 0 bridgehead atoms. The molecule has 0 aliphatic heterocycles. The summed E-state index contributed by atoms with van der Waals surface area (Å²) < 4.78 is 13.4. The second-order valence-corrected chi connectivity index (χ2v) is 3.77. The van der Waals surface area contributed by atoms with Crippen molar-refractivity contribution in [2.24, 2.45) is 0 Å². The van der Waals surface area contributed by atoms with Crippen LogP contribution in [0.25, 0.3) is 0 Å². The molecule has 2 heterocycles. The Bertz CT molecular complexity index is 532. The summed E-state index contributed by atoms with van der Waals surface area (Å²) in [6.45, 7) is 5.00. The molecule has 2 aromatic rings. The zero-order valence-electron chi connectivity index (χ0n) is 19.3. The van der Waals surface area contributed by atoms with Crippen LogP contribution in [0.1, 0.15) is 6.92 Å². The van der Waals surface area contributed by atoms with Crippen LogP contribution >= 0.6 is 34.8 Å². The van der Waals surface area contributed by atoms with Gasteiger partial charge in [-0.25, -0.2) is 28.4 Å². The number of halogens is 3. The summed E-state index contributed by atoms with van der Waals surface area (Å²) in [5, 5.41) is 27.0. The molecule has 0 aliphatic carbocycles. The topological polar surface area (TPSA) is 186 Å². The number of aliphatic hydroxyl groups is 4. The average Bonchev–Trinajstić information content (AvgIpc) is 2.84. The fourth-order valence-electron chi connectivity index (χ4n) is 0.817. The van der Waals surface area contributed by atoms with Crippen molar-refractivity contribution in [2.45, 2.75) is 6.92 Å². The molecule has 35 heavy (non-hydrogen) atoms. The maximum absolute atomic E-state index is 6.75. The van der Waals surface area contributed by atoms with Gasteiger partial charge in [0.2, 0.25) is 15.9 Å². The van der Waals surface area contributed by atoms with Crippen LogP contribution in [0.3, 0.4) is 0 Å². The van der Waals surface area contributed by atoms with E-state index in [4.69, 9.17) is 55.2 Å². The molecule has 20 heteroatoms. The number of aliphatic hydroxyl groups excluding tert-OH is 4. The summed E-state index contributed by atoms with van der Waals surface area (Å²) in [7, 11) is 18.3. The van der Waals surface area contributed by atoms with Crippen molar-refractivity contribution in [3.8, 4) is 18.0 Å². The molecule has 0 aromatic carbocycles. The molecule has 0 saturated heterocycles. The van der Waals surface area contributed by atoms with Crippen molar-refractivity contribution < 1.29 is 34.6 Å². The van der Waals surface area contributed by atoms with Crippen molar-refractivity contribution in [2.75, 3.05) is 0 Å². The quantitative estimate of drug-likeness (QED) is 0.327. The Morgan fingerprint density at radius 1 is 0.457 bits per heavy atom. The third-order valence-corrected chi connectivity index (χ3v) is 2.02. The first kappa shape index (κ1) is 56.9. The molecular weight excluding hydrogens is 1550 g/mol. The fraction of sp³-hybridized carbons (Fsp3) is 0.0667. The summed E-state index contributed by atoms with van der Waals surface area (Å²) in [6.07, 6.45) is 0. The molecular formula is C15H23Cl3N6O7Rf4-8. The Hall–Kier alpha value is -5.87. The van der Waals surface area contributed by atoms with E-state index in [1.807, 2.05) is 0 Å². The molecule has 2 aromatic heterocycles. The number of hydrogen-bond donors (Lipinski definition) is 4. The smallest absolute Gasteiger partial charge is 0.292 e. The first-order valence-corrected chi connectivity index (χ1v) is 7.83. The van der Waals surface area contributed by atoms with Crippen LogP contribution < -0.4 is 14.2 Å². The minimum Gasteiger partial charge on any atom is -0.638 e. The molecule has 192 valence electrons. The van der Waals surface area contributed by atoms with Crippen molar-refractivity contribution in [1.29, 1.82) is 0 Å². The second kappa shape index (κ2) is 46.4. The summed E-state index contributed by atoms with van der Waals surface area (Å²) in [4.78, 5) is 21.2. The van der Waals surface area contributed by atoms with Gasteiger partial charge in [0.1, 0.15) is 0 Å². The van der Waals surface area contributed by atoms with Gasteiger partial charge in [-0.05, 0) is 34.8 Å². The van der Waals surface area contributed by atoms with Crippen LogP contribution in [0.15, 0.2) is 0 Å². The van der Waals surface area contributed by atoms with Gasteiger partial charge in [0.25, 0.3) is 18.0 Å². The van der Waals surface area contributed by atoms with E-state index >= 15 is 0 Å². The molecule has 0 aliphatic rings. The Kier molecular flexibility index (Phi) is 75.4. The molecule has 13 nitrogen and oxygen atoms in total. The summed E-state index contributed by atoms with van der Waals surface area (Å²) in [5.41, 5.74) is 0. The van der Waals surface area contributed by atoms with Gasteiger partial charge in [0.15, 0.2) is 0 Å². The predicted molar refractivity (Wildman–Crippen MR) is 113 cm³/mol. The molecule has 0 amide bonds. The largest absolute Gasteiger partial charge is 0.638 e. The zero-order chi connectivity index (χ0) is 25.8. The van der Waals surface area contributed by atoms with Crippen molar-refractivity contribution >= 4 is 34.8 Å². The number of rotatable bonds is 3. The molecule has 0 fully saturated rings. The minimum absolute atomic E-state index is 0. The molecule has 2 rings (SSSR count). The van der Waals surface area contributed by atoms with Gasteiger partial charge in [-0.15, -0.1) is 15.0 Å². The zero-order valence-corrected chi connectivity index (χ0v) is 47.2. The van der Waals surface area contributed by atoms with Crippen molar-refractivity contribution in [1.82, 2.24) is 29.9 Å². The Labute approximate surface area is 197 Å². The summed E-state index contributed by atoms with van der Waals surface area (Å²) in [6, 6.07) is -0.0769. The summed E-state index contributed by atoms with van der Waals surface area (Å²) >= 11 is 16.0. The van der Waals surface area contributed by atoms with Crippen molar-refractivity contribution in [3.63, 3.8) is 0 Å². The van der Waals surface area contributed by atoms with Crippen LogP contribution in [0.4, 0.5) is 0 Å². The number of nitrogens with zero attached hydrogens (tertiary/aromatic N) is 6. The number of ether oxygens (including phenoxy) is 3. The normalized spacial score (nSPS) is 6.51. The third kappa shape index (κ3) is 33.0. The molecule has 0 saturated carbocycles. The van der Waals surface area contributed by atoms with Crippen LogP contribution in [-0.4, -0.2) is 50.3 Å². The Morgan fingerprint density at radius 3 is 0.714 bits per heavy atom. The Balaban J connectivity index is -0.0000000379. The van der Waals surface area contributed by atoms with E-state index < -0.39 is 0 Å². The van der Waals surface area contributed by atoms with E-state index in [1.165, 1.54) is 0 Å². The van der Waals surface area contributed by atoms with E-state index in [0.717, 1.165) is 0 Å². The van der Waals surface area contributed by atoms with Gasteiger partial charge in [-0.2, -0.15) is 43.2 Å². The number of aromatic nitrogens is 6. The van der Waals surface area contributed by atoms with E-state index in [0.29, 0.717) is 0 Å². The van der Waals surface area contributed by atoms with E-state index in [-0.39, 0.29) is 33.9 Å². The molecule has 0 unspecified atom stereocenters. The standard InChI is InChI=1S/C6H6N3O3.C3Cl3N3.C2H5.4CH3O.4Rf/c1-10-4-7-5(11-2)9-6(8-4)12-3;4-1-7-2(5)9-3(6)8-1;5*1-2;;;;/h1-3H2;;1H2,2H3;4*2H,1H2;;;;/q-3;;5*-1;;;;. The van der Waals surface area contributed by atoms with Gasteiger partial charge in [0.05, 0.1) is 0 Å². The second-order valence-electron chi connectivity index (χ2n) is 2.76. The van der Waals surface area contributed by atoms with Gasteiger partial charge in [0, 0.05) is 0 Å². The first-order chi connectivity index (χ1) is 15.0. The van der Waals surface area contributed by atoms with Crippen LogP contribution in [0.5, 0.6) is 18.0 Å². The molecule has 0 radical (unpaired) electrons. The van der Waals surface area contributed by atoms with Crippen LogP contribution in [0.2, 0.25) is 15.9 Å².